The molecule has 0 spiro atoms. The fraction of sp³-hybridized carbons (Fsp3) is 0.458. The van der Waals surface area contributed by atoms with E-state index in [-0.39, 0.29) is 40.9 Å². The number of piperidine rings is 1. The fourth-order valence-corrected chi connectivity index (χ4v) is 4.18. The maximum Gasteiger partial charge on any atom is 0.270 e. The molecule has 1 aliphatic heterocycles. The molecule has 0 bridgehead atoms. The van der Waals surface area contributed by atoms with Crippen LogP contribution in [0.1, 0.15) is 59.4 Å². The van der Waals surface area contributed by atoms with Crippen LogP contribution >= 0.6 is 0 Å². The number of carbonyl (C=O) groups excluding carboxylic acids is 3. The van der Waals surface area contributed by atoms with Gasteiger partial charge in [0.25, 0.3) is 11.8 Å². The number of nitrogens with two attached hydrogens (primary N) is 2. The Labute approximate surface area is 203 Å². The molecule has 0 atom stereocenters. The number of benzene rings is 1. The van der Waals surface area contributed by atoms with Gasteiger partial charge in [0.2, 0.25) is 11.9 Å². The molecule has 2 fully saturated rings. The van der Waals surface area contributed by atoms with E-state index in [1.54, 1.807) is 17.0 Å². The van der Waals surface area contributed by atoms with Gasteiger partial charge in [-0.1, -0.05) is 12.8 Å². The summed E-state index contributed by atoms with van der Waals surface area (Å²) in [6.45, 7) is 0.923. The Kier molecular flexibility index (Phi) is 8.82. The predicted molar refractivity (Wildman–Crippen MR) is 129 cm³/mol. The van der Waals surface area contributed by atoms with Crippen LogP contribution in [0.4, 0.5) is 5.95 Å². The van der Waals surface area contributed by atoms with Crippen LogP contribution < -0.4 is 21.5 Å². The molecule has 1 aliphatic carbocycles. The van der Waals surface area contributed by atoms with E-state index < -0.39 is 0 Å². The van der Waals surface area contributed by atoms with Gasteiger partial charge in [-0.3, -0.25) is 14.4 Å². The molecule has 1 saturated heterocycles. The highest BCUT2D eigenvalue weighted by Crippen LogP contribution is 2.26. The van der Waals surface area contributed by atoms with E-state index in [4.69, 9.17) is 16.2 Å². The molecule has 2 heterocycles. The Hall–Kier alpha value is -3.89. The molecule has 2 aromatic rings. The second-order valence-electron chi connectivity index (χ2n) is 8.61. The third kappa shape index (κ3) is 7.05. The van der Waals surface area contributed by atoms with Crippen molar-refractivity contribution in [2.24, 2.45) is 11.7 Å². The lowest BCUT2D eigenvalue weighted by atomic mass is 9.96. The van der Waals surface area contributed by atoms with Crippen LogP contribution in [0.25, 0.3) is 0 Å². The molecular formula is C24H32N6O5. The van der Waals surface area contributed by atoms with Crippen molar-refractivity contribution in [2.45, 2.75) is 44.6 Å². The molecule has 0 unspecified atom stereocenters. The maximum atomic E-state index is 12.4. The average molecular weight is 485 g/mol. The van der Waals surface area contributed by atoms with Gasteiger partial charge in [0, 0.05) is 31.2 Å². The lowest BCUT2D eigenvalue weighted by Gasteiger charge is -2.30. The summed E-state index contributed by atoms with van der Waals surface area (Å²) in [7, 11) is 1.50. The van der Waals surface area contributed by atoms with Crippen molar-refractivity contribution < 1.29 is 24.2 Å². The highest BCUT2D eigenvalue weighted by Gasteiger charge is 2.27. The van der Waals surface area contributed by atoms with Crippen LogP contribution in [-0.2, 0) is 4.79 Å². The van der Waals surface area contributed by atoms with E-state index in [1.807, 2.05) is 0 Å². The number of anilines is 1. The highest BCUT2D eigenvalue weighted by molar-refractivity contribution is 5.97. The van der Waals surface area contributed by atoms with Crippen molar-refractivity contribution >= 4 is 23.7 Å². The number of aromatic nitrogens is 2. The predicted octanol–water partition coefficient (Wildman–Crippen LogP) is 1.47. The number of nitrogen functional groups attached to an aromatic ring is 1. The van der Waals surface area contributed by atoms with Crippen LogP contribution in [0.15, 0.2) is 30.5 Å². The van der Waals surface area contributed by atoms with E-state index in [0.29, 0.717) is 43.4 Å². The SMILES string of the molecule is COc1ccc(O)c(C(=O)N2CCC(C(N)=O)CC2)c1.Nc1nccc(C(=O)NC2CCCC2)n1. The number of likely N-dealkylation sites (tertiary alicyclic amines) is 1. The molecular weight excluding hydrogens is 452 g/mol. The summed E-state index contributed by atoms with van der Waals surface area (Å²) in [4.78, 5) is 44.4. The van der Waals surface area contributed by atoms with E-state index in [0.717, 1.165) is 12.8 Å². The number of nitrogens with zero attached hydrogens (tertiary/aromatic N) is 3. The van der Waals surface area contributed by atoms with Gasteiger partial charge in [-0.25, -0.2) is 9.97 Å². The number of nitrogens with one attached hydrogen (secondary N) is 1. The van der Waals surface area contributed by atoms with E-state index in [1.165, 1.54) is 38.3 Å². The first-order chi connectivity index (χ1) is 16.8. The Morgan fingerprint density at radius 3 is 2.40 bits per heavy atom. The first kappa shape index (κ1) is 25.7. The van der Waals surface area contributed by atoms with Crippen LogP contribution in [0.2, 0.25) is 0 Å². The maximum absolute atomic E-state index is 12.4. The van der Waals surface area contributed by atoms with Gasteiger partial charge >= 0.3 is 0 Å². The van der Waals surface area contributed by atoms with Gasteiger partial charge < -0.3 is 31.5 Å². The van der Waals surface area contributed by atoms with Gasteiger partial charge in [0.1, 0.15) is 17.2 Å². The van der Waals surface area contributed by atoms with Gasteiger partial charge in [-0.05, 0) is 49.9 Å². The van der Waals surface area contributed by atoms with E-state index >= 15 is 0 Å². The van der Waals surface area contributed by atoms with E-state index in [9.17, 15) is 19.5 Å². The number of hydrogen-bond acceptors (Lipinski definition) is 8. The zero-order chi connectivity index (χ0) is 25.4. The Balaban J connectivity index is 0.000000203. The van der Waals surface area contributed by atoms with Crippen LogP contribution in [0, 0.1) is 5.92 Å². The Morgan fingerprint density at radius 2 is 1.80 bits per heavy atom. The third-order valence-electron chi connectivity index (χ3n) is 6.22. The van der Waals surface area contributed by atoms with Crippen molar-refractivity contribution in [2.75, 3.05) is 25.9 Å². The summed E-state index contributed by atoms with van der Waals surface area (Å²) < 4.78 is 5.05. The summed E-state index contributed by atoms with van der Waals surface area (Å²) >= 11 is 0. The summed E-state index contributed by atoms with van der Waals surface area (Å²) in [6, 6.07) is 6.40. The summed E-state index contributed by atoms with van der Waals surface area (Å²) in [5.41, 5.74) is 11.2. The van der Waals surface area contributed by atoms with Crippen molar-refractivity contribution in [3.05, 3.63) is 41.7 Å². The molecule has 0 radical (unpaired) electrons. The highest BCUT2D eigenvalue weighted by atomic mass is 16.5. The second-order valence-corrected chi connectivity index (χ2v) is 8.61. The number of primary amides is 1. The van der Waals surface area contributed by atoms with Crippen molar-refractivity contribution in [3.63, 3.8) is 0 Å². The monoisotopic (exact) mass is 484 g/mol. The molecule has 3 amide bonds. The minimum Gasteiger partial charge on any atom is -0.507 e. The number of ether oxygens (including phenoxy) is 1. The van der Waals surface area contributed by atoms with Crippen LogP contribution in [0.5, 0.6) is 11.5 Å². The Bertz CT molecular complexity index is 1050. The lowest BCUT2D eigenvalue weighted by Crippen LogP contribution is -2.41. The smallest absolute Gasteiger partial charge is 0.270 e. The third-order valence-corrected chi connectivity index (χ3v) is 6.22. The number of amides is 3. The number of phenolic OH excluding ortho intramolecular Hbond substituents is 1. The molecule has 35 heavy (non-hydrogen) atoms. The zero-order valence-corrected chi connectivity index (χ0v) is 19.8. The summed E-state index contributed by atoms with van der Waals surface area (Å²) in [5, 5.41) is 12.7. The summed E-state index contributed by atoms with van der Waals surface area (Å²) in [6.07, 6.45) is 7.12. The molecule has 2 aliphatic rings. The first-order valence-corrected chi connectivity index (χ1v) is 11.6. The van der Waals surface area contributed by atoms with E-state index in [2.05, 4.69) is 15.3 Å². The van der Waals surface area contributed by atoms with Crippen molar-refractivity contribution in [1.82, 2.24) is 20.2 Å². The first-order valence-electron chi connectivity index (χ1n) is 11.6. The molecule has 11 nitrogen and oxygen atoms in total. The number of hydrogen-bond donors (Lipinski definition) is 4. The normalized spacial score (nSPS) is 16.2. The standard InChI is InChI=1S/C14H18N2O4.C10H14N4O/c1-20-10-2-3-12(17)11(8-10)14(19)16-6-4-9(5-7-16)13(15)18;11-10-12-6-5-8(14-10)9(15)13-7-3-1-2-4-7/h2-3,8-9,17H,4-7H2,1H3,(H2,15,18);5-7H,1-4H2,(H,13,15)(H2,11,12,14). The van der Waals surface area contributed by atoms with Crippen molar-refractivity contribution in [1.29, 1.82) is 0 Å². The minimum absolute atomic E-state index is 0.0761. The second kappa shape index (κ2) is 12.0. The van der Waals surface area contributed by atoms with Crippen LogP contribution in [0.3, 0.4) is 0 Å². The number of phenols is 1. The number of aromatic hydroxyl groups is 1. The zero-order valence-electron chi connectivity index (χ0n) is 19.8. The fourth-order valence-electron chi connectivity index (χ4n) is 4.18. The lowest BCUT2D eigenvalue weighted by molar-refractivity contribution is -0.123. The largest absolute Gasteiger partial charge is 0.507 e. The number of methoxy groups -OCH3 is 1. The quantitative estimate of drug-likeness (QED) is 0.493. The molecule has 188 valence electrons. The number of carbonyl (C=O) groups is 3. The minimum atomic E-state index is -0.318. The van der Waals surface area contributed by atoms with Gasteiger partial charge in [0.05, 0.1) is 12.7 Å². The molecule has 1 aromatic carbocycles. The molecule has 6 N–H and O–H groups in total. The van der Waals surface area contributed by atoms with Gasteiger partial charge in [-0.15, -0.1) is 0 Å². The molecule has 1 saturated carbocycles. The average Bonchev–Trinajstić information content (AvgIpc) is 3.37. The molecule has 1 aromatic heterocycles. The van der Waals surface area contributed by atoms with Crippen molar-refractivity contribution in [3.8, 4) is 11.5 Å². The van der Waals surface area contributed by atoms with Gasteiger partial charge in [-0.2, -0.15) is 0 Å². The molecule has 4 rings (SSSR count). The Morgan fingerprint density at radius 1 is 1.11 bits per heavy atom. The van der Waals surface area contributed by atoms with Crippen LogP contribution in [-0.4, -0.2) is 63.9 Å². The topological polar surface area (TPSA) is 174 Å². The molecule has 11 heteroatoms. The summed E-state index contributed by atoms with van der Waals surface area (Å²) in [5.74, 6) is -0.334. The van der Waals surface area contributed by atoms with Gasteiger partial charge in [0.15, 0.2) is 0 Å². The number of rotatable bonds is 5.